The molecule has 1 saturated heterocycles. The lowest BCUT2D eigenvalue weighted by atomic mass is 10.2. The Hall–Kier alpha value is -1.48. The Morgan fingerprint density at radius 2 is 1.88 bits per heavy atom. The van der Waals surface area contributed by atoms with E-state index in [0.717, 1.165) is 24.8 Å². The number of hydrogen-bond donors (Lipinski definition) is 1. The van der Waals surface area contributed by atoms with Crippen LogP contribution in [0.4, 0.5) is 0 Å². The Labute approximate surface area is 155 Å². The first-order chi connectivity index (χ1) is 12.0. The van der Waals surface area contributed by atoms with Gasteiger partial charge in [0.1, 0.15) is 5.69 Å². The average molecular weight is 400 g/mol. The number of nitrogens with one attached hydrogen (secondary N) is 1. The molecule has 2 heterocycles. The fourth-order valence-corrected chi connectivity index (χ4v) is 4.92. The number of piperidine rings is 1. The lowest BCUT2D eigenvalue weighted by molar-refractivity contribution is 0.0946. The molecule has 1 aliphatic rings. The van der Waals surface area contributed by atoms with Crippen molar-refractivity contribution in [2.45, 2.75) is 30.7 Å². The van der Waals surface area contributed by atoms with E-state index in [1.54, 1.807) is 34.0 Å². The number of benzene rings is 1. The van der Waals surface area contributed by atoms with Gasteiger partial charge < -0.3 is 5.32 Å². The average Bonchev–Trinajstić information content (AvgIpc) is 3.07. The highest BCUT2D eigenvalue weighted by molar-refractivity contribution is 7.89. The van der Waals surface area contributed by atoms with Gasteiger partial charge in [0.2, 0.25) is 10.0 Å². The van der Waals surface area contributed by atoms with Crippen LogP contribution in [0.25, 0.3) is 0 Å². The van der Waals surface area contributed by atoms with E-state index in [0.29, 0.717) is 17.6 Å². The number of amides is 1. The summed E-state index contributed by atoms with van der Waals surface area (Å²) in [7, 11) is -3.43. The highest BCUT2D eigenvalue weighted by Crippen LogP contribution is 2.21. The molecule has 1 amide bonds. The van der Waals surface area contributed by atoms with Crippen LogP contribution >= 0.6 is 22.9 Å². The van der Waals surface area contributed by atoms with Crippen LogP contribution in [0.15, 0.2) is 34.5 Å². The topological polar surface area (TPSA) is 79.4 Å². The zero-order valence-corrected chi connectivity index (χ0v) is 15.8. The van der Waals surface area contributed by atoms with Crippen LogP contribution in [0.5, 0.6) is 0 Å². The Bertz CT molecular complexity index is 844. The second-order valence-corrected chi connectivity index (χ2v) is 9.16. The quantitative estimate of drug-likeness (QED) is 0.838. The maximum Gasteiger partial charge on any atom is 0.271 e. The number of carbonyl (C=O) groups excluding carboxylic acids is 1. The first kappa shape index (κ1) is 18.3. The van der Waals surface area contributed by atoms with E-state index in [-0.39, 0.29) is 23.0 Å². The third-order valence-electron chi connectivity index (χ3n) is 4.04. The molecule has 1 fully saturated rings. The number of halogens is 1. The van der Waals surface area contributed by atoms with Crippen LogP contribution in [-0.4, -0.2) is 36.7 Å². The maximum absolute atomic E-state index is 12.6. The molecule has 0 saturated carbocycles. The predicted molar refractivity (Wildman–Crippen MR) is 97.3 cm³/mol. The molecule has 134 valence electrons. The summed E-state index contributed by atoms with van der Waals surface area (Å²) in [4.78, 5) is 16.1. The van der Waals surface area contributed by atoms with Crippen molar-refractivity contribution in [3.8, 4) is 0 Å². The molecule has 1 aliphatic heterocycles. The zero-order chi connectivity index (χ0) is 17.9. The van der Waals surface area contributed by atoms with E-state index < -0.39 is 10.0 Å². The SMILES string of the molecule is O=C(NCc1ccc(S(=O)(=O)N2CCCCC2)cc1)c1csc(Cl)n1. The number of aromatic nitrogens is 1. The van der Waals surface area contributed by atoms with Gasteiger partial charge in [0.25, 0.3) is 5.91 Å². The molecule has 2 aromatic rings. The number of thiazole rings is 1. The molecule has 0 bridgehead atoms. The Morgan fingerprint density at radius 3 is 2.48 bits per heavy atom. The highest BCUT2D eigenvalue weighted by atomic mass is 35.5. The molecule has 0 unspecified atom stereocenters. The summed E-state index contributed by atoms with van der Waals surface area (Å²) in [6.45, 7) is 1.45. The van der Waals surface area contributed by atoms with Gasteiger partial charge in [0.05, 0.1) is 4.90 Å². The molecular formula is C16H18ClN3O3S2. The van der Waals surface area contributed by atoms with Gasteiger partial charge in [-0.15, -0.1) is 11.3 Å². The second-order valence-electron chi connectivity index (χ2n) is 5.78. The minimum atomic E-state index is -3.43. The summed E-state index contributed by atoms with van der Waals surface area (Å²) in [6, 6.07) is 6.60. The lowest BCUT2D eigenvalue weighted by Crippen LogP contribution is -2.35. The molecular weight excluding hydrogens is 382 g/mol. The van der Waals surface area contributed by atoms with Gasteiger partial charge in [-0.2, -0.15) is 4.31 Å². The number of rotatable bonds is 5. The standard InChI is InChI=1S/C16H18ClN3O3S2/c17-16-19-14(11-24-16)15(21)18-10-12-4-6-13(7-5-12)25(22,23)20-8-2-1-3-9-20/h4-7,11H,1-3,8-10H2,(H,18,21). The van der Waals surface area contributed by atoms with E-state index in [4.69, 9.17) is 11.6 Å². The van der Waals surface area contributed by atoms with Crippen LogP contribution in [0.1, 0.15) is 35.3 Å². The summed E-state index contributed by atoms with van der Waals surface area (Å²) < 4.78 is 27.0. The predicted octanol–water partition coefficient (Wildman–Crippen LogP) is 2.90. The summed E-state index contributed by atoms with van der Waals surface area (Å²) in [5, 5.41) is 4.33. The summed E-state index contributed by atoms with van der Waals surface area (Å²) in [5.74, 6) is -0.312. The molecule has 6 nitrogen and oxygen atoms in total. The molecule has 9 heteroatoms. The monoisotopic (exact) mass is 399 g/mol. The van der Waals surface area contributed by atoms with E-state index in [1.807, 2.05) is 0 Å². The number of nitrogens with zero attached hydrogens (tertiary/aromatic N) is 2. The summed E-state index contributed by atoms with van der Waals surface area (Å²) in [6.07, 6.45) is 2.89. The fraction of sp³-hybridized carbons (Fsp3) is 0.375. The van der Waals surface area contributed by atoms with Gasteiger partial charge >= 0.3 is 0 Å². The van der Waals surface area contributed by atoms with Crippen LogP contribution in [-0.2, 0) is 16.6 Å². The van der Waals surface area contributed by atoms with Crippen molar-refractivity contribution in [2.75, 3.05) is 13.1 Å². The van der Waals surface area contributed by atoms with Crippen molar-refractivity contribution in [1.29, 1.82) is 0 Å². The van der Waals surface area contributed by atoms with E-state index >= 15 is 0 Å². The summed E-state index contributed by atoms with van der Waals surface area (Å²) >= 11 is 6.91. The number of hydrogen-bond acceptors (Lipinski definition) is 5. The van der Waals surface area contributed by atoms with Crippen molar-refractivity contribution in [3.63, 3.8) is 0 Å². The minimum absolute atomic E-state index is 0.277. The van der Waals surface area contributed by atoms with Crippen molar-refractivity contribution in [1.82, 2.24) is 14.6 Å². The third-order valence-corrected chi connectivity index (χ3v) is 6.93. The van der Waals surface area contributed by atoms with Gasteiger partial charge in [0, 0.05) is 25.0 Å². The van der Waals surface area contributed by atoms with Crippen LogP contribution in [0, 0.1) is 0 Å². The van der Waals surface area contributed by atoms with Crippen molar-refractivity contribution < 1.29 is 13.2 Å². The Balaban J connectivity index is 1.63. The molecule has 1 aromatic heterocycles. The Kier molecular flexibility index (Phi) is 5.73. The van der Waals surface area contributed by atoms with Crippen molar-refractivity contribution in [2.24, 2.45) is 0 Å². The molecule has 1 N–H and O–H groups in total. The van der Waals surface area contributed by atoms with Gasteiger partial charge in [-0.25, -0.2) is 13.4 Å². The van der Waals surface area contributed by atoms with Gasteiger partial charge in [-0.3, -0.25) is 4.79 Å². The largest absolute Gasteiger partial charge is 0.347 e. The summed E-state index contributed by atoms with van der Waals surface area (Å²) in [5.41, 5.74) is 1.09. The van der Waals surface area contributed by atoms with E-state index in [1.165, 1.54) is 11.3 Å². The molecule has 0 aliphatic carbocycles. The Morgan fingerprint density at radius 1 is 1.20 bits per heavy atom. The first-order valence-corrected chi connectivity index (χ1v) is 10.6. The van der Waals surface area contributed by atoms with E-state index in [9.17, 15) is 13.2 Å². The molecule has 25 heavy (non-hydrogen) atoms. The van der Waals surface area contributed by atoms with Crippen molar-refractivity contribution >= 4 is 38.9 Å². The molecule has 3 rings (SSSR count). The van der Waals surface area contributed by atoms with E-state index in [2.05, 4.69) is 10.3 Å². The van der Waals surface area contributed by atoms with Crippen molar-refractivity contribution in [3.05, 3.63) is 45.4 Å². The van der Waals surface area contributed by atoms with Crippen LogP contribution in [0.2, 0.25) is 4.47 Å². The molecule has 0 spiro atoms. The smallest absolute Gasteiger partial charge is 0.271 e. The first-order valence-electron chi connectivity index (χ1n) is 7.95. The fourth-order valence-electron chi connectivity index (χ4n) is 2.66. The van der Waals surface area contributed by atoms with Crippen LogP contribution < -0.4 is 5.32 Å². The second kappa shape index (κ2) is 7.82. The lowest BCUT2D eigenvalue weighted by Gasteiger charge is -2.25. The van der Waals surface area contributed by atoms with Gasteiger partial charge in [0.15, 0.2) is 4.47 Å². The van der Waals surface area contributed by atoms with Crippen LogP contribution in [0.3, 0.4) is 0 Å². The zero-order valence-electron chi connectivity index (χ0n) is 13.4. The molecule has 0 radical (unpaired) electrons. The number of sulfonamides is 1. The highest BCUT2D eigenvalue weighted by Gasteiger charge is 2.25. The molecule has 1 aromatic carbocycles. The number of carbonyl (C=O) groups is 1. The van der Waals surface area contributed by atoms with Gasteiger partial charge in [-0.05, 0) is 30.5 Å². The normalized spacial score (nSPS) is 15.9. The minimum Gasteiger partial charge on any atom is -0.347 e. The van der Waals surface area contributed by atoms with Gasteiger partial charge in [-0.1, -0.05) is 30.2 Å². The third kappa shape index (κ3) is 4.38. The maximum atomic E-state index is 12.6. The molecule has 0 atom stereocenters.